The van der Waals surface area contributed by atoms with Gasteiger partial charge in [0.2, 0.25) is 0 Å². The Bertz CT molecular complexity index is 641. The predicted molar refractivity (Wildman–Crippen MR) is 92.9 cm³/mol. The average molecular weight is 311 g/mol. The van der Waals surface area contributed by atoms with Crippen LogP contribution in [0.4, 0.5) is 0 Å². The highest BCUT2D eigenvalue weighted by Crippen LogP contribution is 2.43. The Morgan fingerprint density at radius 3 is 2.74 bits per heavy atom. The van der Waals surface area contributed by atoms with Crippen LogP contribution in [0.3, 0.4) is 0 Å². The monoisotopic (exact) mass is 311 g/mol. The van der Waals surface area contributed by atoms with Crippen LogP contribution < -0.4 is 10.5 Å². The van der Waals surface area contributed by atoms with Crippen molar-refractivity contribution in [2.45, 2.75) is 38.2 Å². The molecule has 0 spiro atoms. The first kappa shape index (κ1) is 15.9. The Hall–Kier alpha value is -2.00. The third-order valence-corrected chi connectivity index (χ3v) is 4.88. The molecule has 0 aliphatic carbocycles. The van der Waals surface area contributed by atoms with Crippen LogP contribution in [0.25, 0.3) is 0 Å². The summed E-state index contributed by atoms with van der Waals surface area (Å²) in [6.45, 7) is 2.82. The highest BCUT2D eigenvalue weighted by molar-refractivity contribution is 5.43. The lowest BCUT2D eigenvalue weighted by Crippen LogP contribution is -2.34. The summed E-state index contributed by atoms with van der Waals surface area (Å²) >= 11 is 0. The van der Waals surface area contributed by atoms with Gasteiger partial charge in [-0.25, -0.2) is 0 Å². The molecule has 1 aliphatic heterocycles. The second-order valence-corrected chi connectivity index (χ2v) is 6.54. The first-order valence-corrected chi connectivity index (χ1v) is 8.41. The van der Waals surface area contributed by atoms with Gasteiger partial charge < -0.3 is 15.6 Å². The summed E-state index contributed by atoms with van der Waals surface area (Å²) in [5.41, 5.74) is 8.34. The predicted octanol–water partition coefficient (Wildman–Crippen LogP) is 3.85. The maximum Gasteiger partial charge on any atom is 0.123 e. The highest BCUT2D eigenvalue weighted by Gasteiger charge is 2.31. The molecule has 0 amide bonds. The third kappa shape index (κ3) is 3.67. The molecular weight excluding hydrogens is 286 g/mol. The molecule has 122 valence electrons. The molecule has 3 N–H and O–H groups in total. The molecule has 3 rings (SSSR count). The van der Waals surface area contributed by atoms with Crippen molar-refractivity contribution >= 4 is 0 Å². The fraction of sp³-hybridized carbons (Fsp3) is 0.400. The SMILES string of the molecule is CC(CCc1ccccc1)C1CC(CN)Oc2ccc(O)cc21. The molecule has 3 heteroatoms. The van der Waals surface area contributed by atoms with Gasteiger partial charge in [0.1, 0.15) is 17.6 Å². The maximum absolute atomic E-state index is 9.84. The molecule has 0 saturated carbocycles. The highest BCUT2D eigenvalue weighted by atomic mass is 16.5. The van der Waals surface area contributed by atoms with Crippen molar-refractivity contribution in [3.05, 3.63) is 59.7 Å². The molecule has 1 aliphatic rings. The molecule has 23 heavy (non-hydrogen) atoms. The minimum atomic E-state index is 0.0659. The second kappa shape index (κ2) is 7.05. The van der Waals surface area contributed by atoms with Crippen LogP contribution in [0, 0.1) is 5.92 Å². The first-order valence-electron chi connectivity index (χ1n) is 8.41. The molecule has 3 unspecified atom stereocenters. The Labute approximate surface area is 138 Å². The van der Waals surface area contributed by atoms with E-state index in [1.165, 1.54) is 5.56 Å². The lowest BCUT2D eigenvalue weighted by atomic mass is 9.78. The molecule has 3 atom stereocenters. The standard InChI is InChI=1S/C20H25NO2/c1-14(7-8-15-5-3-2-4-6-15)18-12-17(13-21)23-20-10-9-16(22)11-19(18)20/h2-6,9-11,14,17-18,22H,7-8,12-13,21H2,1H3. The van der Waals surface area contributed by atoms with Crippen molar-refractivity contribution in [1.82, 2.24) is 0 Å². The Kier molecular flexibility index (Phi) is 4.87. The van der Waals surface area contributed by atoms with Gasteiger partial charge in [0, 0.05) is 12.1 Å². The van der Waals surface area contributed by atoms with Gasteiger partial charge in [0.15, 0.2) is 0 Å². The zero-order chi connectivity index (χ0) is 16.2. The lowest BCUT2D eigenvalue weighted by Gasteiger charge is -2.35. The number of benzene rings is 2. The number of phenols is 1. The lowest BCUT2D eigenvalue weighted by molar-refractivity contribution is 0.149. The van der Waals surface area contributed by atoms with E-state index in [4.69, 9.17) is 10.5 Å². The van der Waals surface area contributed by atoms with E-state index in [0.717, 1.165) is 30.6 Å². The Morgan fingerprint density at radius 2 is 2.00 bits per heavy atom. The quantitative estimate of drug-likeness (QED) is 0.881. The minimum Gasteiger partial charge on any atom is -0.508 e. The average Bonchev–Trinajstić information content (AvgIpc) is 2.59. The number of aromatic hydroxyl groups is 1. The van der Waals surface area contributed by atoms with E-state index in [1.807, 2.05) is 12.1 Å². The van der Waals surface area contributed by atoms with Gasteiger partial charge >= 0.3 is 0 Å². The number of phenolic OH excluding ortho intramolecular Hbond substituents is 1. The number of hydrogen-bond donors (Lipinski definition) is 2. The summed E-state index contributed by atoms with van der Waals surface area (Å²) in [5.74, 6) is 2.07. The fourth-order valence-corrected chi connectivity index (χ4v) is 3.49. The molecule has 0 bridgehead atoms. The summed E-state index contributed by atoms with van der Waals surface area (Å²) in [6.07, 6.45) is 3.17. The molecule has 0 saturated heterocycles. The molecule has 2 aromatic carbocycles. The van der Waals surface area contributed by atoms with E-state index in [2.05, 4.69) is 37.3 Å². The normalized spacial score (nSPS) is 21.3. The number of hydrogen-bond acceptors (Lipinski definition) is 3. The van der Waals surface area contributed by atoms with Crippen LogP contribution in [-0.4, -0.2) is 17.8 Å². The first-order chi connectivity index (χ1) is 11.2. The summed E-state index contributed by atoms with van der Waals surface area (Å²) in [6, 6.07) is 16.0. The largest absolute Gasteiger partial charge is 0.508 e. The van der Waals surface area contributed by atoms with E-state index in [-0.39, 0.29) is 6.10 Å². The van der Waals surface area contributed by atoms with Crippen LogP contribution >= 0.6 is 0 Å². The number of aryl methyl sites for hydroxylation is 1. The minimum absolute atomic E-state index is 0.0659. The molecule has 0 fully saturated rings. The van der Waals surface area contributed by atoms with Gasteiger partial charge in [-0.2, -0.15) is 0 Å². The van der Waals surface area contributed by atoms with Gasteiger partial charge in [0.25, 0.3) is 0 Å². The third-order valence-electron chi connectivity index (χ3n) is 4.88. The smallest absolute Gasteiger partial charge is 0.123 e. The van der Waals surface area contributed by atoms with Gasteiger partial charge in [-0.3, -0.25) is 0 Å². The number of ether oxygens (including phenoxy) is 1. The topological polar surface area (TPSA) is 55.5 Å². The molecular formula is C20H25NO2. The van der Waals surface area contributed by atoms with E-state index in [0.29, 0.717) is 24.1 Å². The van der Waals surface area contributed by atoms with Crippen LogP contribution in [0.2, 0.25) is 0 Å². The number of fused-ring (bicyclic) bond motifs is 1. The van der Waals surface area contributed by atoms with Crippen LogP contribution in [0.5, 0.6) is 11.5 Å². The number of rotatable bonds is 5. The van der Waals surface area contributed by atoms with Crippen molar-refractivity contribution < 1.29 is 9.84 Å². The van der Waals surface area contributed by atoms with Crippen molar-refractivity contribution in [1.29, 1.82) is 0 Å². The second-order valence-electron chi connectivity index (χ2n) is 6.54. The Morgan fingerprint density at radius 1 is 1.22 bits per heavy atom. The van der Waals surface area contributed by atoms with Gasteiger partial charge in [-0.15, -0.1) is 0 Å². The zero-order valence-corrected chi connectivity index (χ0v) is 13.6. The molecule has 1 heterocycles. The van der Waals surface area contributed by atoms with Crippen molar-refractivity contribution in [2.75, 3.05) is 6.54 Å². The van der Waals surface area contributed by atoms with E-state index in [9.17, 15) is 5.11 Å². The van der Waals surface area contributed by atoms with Crippen molar-refractivity contribution in [2.24, 2.45) is 11.7 Å². The summed E-state index contributed by atoms with van der Waals surface area (Å²) < 4.78 is 5.94. The van der Waals surface area contributed by atoms with Crippen molar-refractivity contribution in [3.8, 4) is 11.5 Å². The van der Waals surface area contributed by atoms with E-state index >= 15 is 0 Å². The van der Waals surface area contributed by atoms with Gasteiger partial charge in [-0.05, 0) is 54.9 Å². The molecule has 0 radical (unpaired) electrons. The Balaban J connectivity index is 1.76. The maximum atomic E-state index is 9.84. The van der Waals surface area contributed by atoms with Gasteiger partial charge in [0.05, 0.1) is 0 Å². The van der Waals surface area contributed by atoms with E-state index in [1.54, 1.807) is 6.07 Å². The van der Waals surface area contributed by atoms with E-state index < -0.39 is 0 Å². The molecule has 2 aromatic rings. The zero-order valence-electron chi connectivity index (χ0n) is 13.6. The van der Waals surface area contributed by atoms with Crippen molar-refractivity contribution in [3.63, 3.8) is 0 Å². The fourth-order valence-electron chi connectivity index (χ4n) is 3.49. The van der Waals surface area contributed by atoms with Crippen LogP contribution in [0.1, 0.15) is 36.8 Å². The molecule has 0 aromatic heterocycles. The van der Waals surface area contributed by atoms with Gasteiger partial charge in [-0.1, -0.05) is 37.3 Å². The van der Waals surface area contributed by atoms with Crippen LogP contribution in [0.15, 0.2) is 48.5 Å². The summed E-state index contributed by atoms with van der Waals surface area (Å²) in [5, 5.41) is 9.84. The summed E-state index contributed by atoms with van der Waals surface area (Å²) in [7, 11) is 0. The van der Waals surface area contributed by atoms with Crippen LogP contribution in [-0.2, 0) is 6.42 Å². The summed E-state index contributed by atoms with van der Waals surface area (Å²) in [4.78, 5) is 0. The number of nitrogens with two attached hydrogens (primary N) is 1. The molecule has 3 nitrogen and oxygen atoms in total.